The van der Waals surface area contributed by atoms with Crippen molar-refractivity contribution in [3.05, 3.63) is 60.6 Å². The number of carbonyl (C=O) groups is 3. The lowest BCUT2D eigenvalue weighted by atomic mass is 10.0. The second-order valence-corrected chi connectivity index (χ2v) is 16.1. The fourth-order valence-corrected chi connectivity index (χ4v) is 8.22. The summed E-state index contributed by atoms with van der Waals surface area (Å²) in [6.07, 6.45) is 3.95. The van der Waals surface area contributed by atoms with Crippen molar-refractivity contribution in [1.82, 2.24) is 29.5 Å². The van der Waals surface area contributed by atoms with Crippen molar-refractivity contribution in [1.29, 1.82) is 0 Å². The van der Waals surface area contributed by atoms with Crippen molar-refractivity contribution in [3.8, 4) is 11.6 Å². The van der Waals surface area contributed by atoms with Crippen molar-refractivity contribution in [2.75, 3.05) is 19.0 Å². The predicted octanol–water partition coefficient (Wildman–Crippen LogP) is 4.13. The van der Waals surface area contributed by atoms with Gasteiger partial charge in [-0.25, -0.2) is 33.1 Å². The van der Waals surface area contributed by atoms with Gasteiger partial charge in [0.2, 0.25) is 21.9 Å². The summed E-state index contributed by atoms with van der Waals surface area (Å²) in [5, 5.41) is 4.06. The van der Waals surface area contributed by atoms with Gasteiger partial charge >= 0.3 is 6.03 Å². The SMILES string of the molecule is C=C[C@@H]1C[C@@]1(C(=O)NS(=O)(=O)C1CC1)N(C(=O)[C@H](Nc1nc(C)cc(C)n1)C(C)C)C(=O)N1C[C@H](Oc2nccc3cc(OC)ccc23)CC1C. The maximum absolute atomic E-state index is 14.9. The van der Waals surface area contributed by atoms with E-state index in [2.05, 4.69) is 31.6 Å². The number of sulfonamides is 1. The smallest absolute Gasteiger partial charge is 0.328 e. The first-order chi connectivity index (χ1) is 24.2. The van der Waals surface area contributed by atoms with Gasteiger partial charge in [-0.15, -0.1) is 6.58 Å². The van der Waals surface area contributed by atoms with Crippen LogP contribution in [-0.2, 0) is 19.6 Å². The zero-order valence-corrected chi connectivity index (χ0v) is 30.6. The number of carbonyl (C=O) groups excluding carboxylic acids is 3. The first-order valence-corrected chi connectivity index (χ1v) is 18.7. The van der Waals surface area contributed by atoms with Crippen LogP contribution in [-0.4, -0.2) is 93.6 Å². The molecule has 0 bridgehead atoms. The van der Waals surface area contributed by atoms with E-state index in [1.54, 1.807) is 47.1 Å². The van der Waals surface area contributed by atoms with Gasteiger partial charge in [0, 0.05) is 41.4 Å². The van der Waals surface area contributed by atoms with E-state index in [1.807, 2.05) is 31.2 Å². The van der Waals surface area contributed by atoms with E-state index in [4.69, 9.17) is 9.47 Å². The molecule has 1 aliphatic heterocycles. The standard InChI is InChI=1S/C36H45N7O7S/c1-8-25-18-36(25,33(45)41-51(47,48)28-10-11-28)43(32(44)30(20(2)3)40-34-38-21(4)15-22(5)39-34)35(46)42-19-27(16-23(42)6)50-31-29-12-9-26(49-7)17-24(29)13-14-37-31/h8-9,12-15,17,20,23,25,27-28,30H,1,10-11,16,18-19H2,2-7H3,(H,41,45)(H,38,39,40)/t23?,25-,27-,30-,36-/m1/s1. The van der Waals surface area contributed by atoms with E-state index in [-0.39, 0.29) is 18.9 Å². The number of rotatable bonds is 12. The molecule has 1 unspecified atom stereocenters. The second-order valence-electron chi connectivity index (χ2n) is 14.1. The number of pyridine rings is 1. The number of urea groups is 1. The summed E-state index contributed by atoms with van der Waals surface area (Å²) in [7, 11) is -2.41. The van der Waals surface area contributed by atoms with Gasteiger partial charge in [0.1, 0.15) is 23.4 Å². The number of aromatic nitrogens is 3. The average molecular weight is 720 g/mol. The van der Waals surface area contributed by atoms with Gasteiger partial charge in [-0.1, -0.05) is 19.9 Å². The van der Waals surface area contributed by atoms with Crippen molar-refractivity contribution in [3.63, 3.8) is 0 Å². The number of nitrogens with zero attached hydrogens (tertiary/aromatic N) is 5. The molecule has 1 aromatic carbocycles. The highest BCUT2D eigenvalue weighted by Crippen LogP contribution is 2.51. The van der Waals surface area contributed by atoms with Gasteiger partial charge in [-0.05, 0) is 81.7 Å². The molecule has 3 fully saturated rings. The van der Waals surface area contributed by atoms with Crippen LogP contribution in [0.15, 0.2) is 49.2 Å². The molecule has 5 atom stereocenters. The Labute approximate surface area is 298 Å². The van der Waals surface area contributed by atoms with Crippen LogP contribution < -0.4 is 19.5 Å². The van der Waals surface area contributed by atoms with Crippen molar-refractivity contribution in [2.45, 2.75) is 89.3 Å². The third-order valence-electron chi connectivity index (χ3n) is 9.87. The second kappa shape index (κ2) is 13.7. The Morgan fingerprint density at radius 2 is 1.82 bits per heavy atom. The van der Waals surface area contributed by atoms with Crippen LogP contribution in [0.5, 0.6) is 11.6 Å². The molecule has 15 heteroatoms. The van der Waals surface area contributed by atoms with Crippen LogP contribution in [0.25, 0.3) is 10.8 Å². The highest BCUT2D eigenvalue weighted by Gasteiger charge is 2.68. The molecule has 2 aliphatic carbocycles. The van der Waals surface area contributed by atoms with Gasteiger partial charge in [0.05, 0.1) is 18.9 Å². The fraction of sp³-hybridized carbons (Fsp3) is 0.500. The topological polar surface area (TPSA) is 173 Å². The van der Waals surface area contributed by atoms with Crippen LogP contribution in [0.3, 0.4) is 0 Å². The monoisotopic (exact) mass is 719 g/mol. The molecule has 2 aromatic heterocycles. The van der Waals surface area contributed by atoms with Gasteiger partial charge < -0.3 is 19.7 Å². The largest absolute Gasteiger partial charge is 0.497 e. The minimum Gasteiger partial charge on any atom is -0.497 e. The minimum absolute atomic E-state index is 0.0242. The number of anilines is 1. The molecule has 272 valence electrons. The molecule has 3 aromatic rings. The van der Waals surface area contributed by atoms with Gasteiger partial charge in [0.25, 0.3) is 11.8 Å². The minimum atomic E-state index is -4.00. The number of hydrogen-bond donors (Lipinski definition) is 2. The number of fused-ring (bicyclic) bond motifs is 1. The number of likely N-dealkylation sites (tertiary alicyclic amines) is 1. The van der Waals surface area contributed by atoms with Crippen LogP contribution in [0, 0.1) is 25.7 Å². The number of benzene rings is 1. The summed E-state index contributed by atoms with van der Waals surface area (Å²) < 4.78 is 40.0. The molecule has 3 heterocycles. The average Bonchev–Trinajstić information content (AvgIpc) is 4.00. The third kappa shape index (κ3) is 7.08. The van der Waals surface area contributed by atoms with E-state index in [0.717, 1.165) is 15.7 Å². The summed E-state index contributed by atoms with van der Waals surface area (Å²) in [6, 6.07) is 7.01. The van der Waals surface area contributed by atoms with Crippen molar-refractivity contribution in [2.24, 2.45) is 11.8 Å². The molecular formula is C36H45N7O7S. The molecule has 4 amide bonds. The summed E-state index contributed by atoms with van der Waals surface area (Å²) >= 11 is 0. The molecule has 2 N–H and O–H groups in total. The molecule has 2 saturated carbocycles. The first-order valence-electron chi connectivity index (χ1n) is 17.2. The summed E-state index contributed by atoms with van der Waals surface area (Å²) in [5.41, 5.74) is -0.454. The molecule has 51 heavy (non-hydrogen) atoms. The van der Waals surface area contributed by atoms with Gasteiger partial charge in [-0.3, -0.25) is 14.3 Å². The lowest BCUT2D eigenvalue weighted by Crippen LogP contribution is -2.63. The summed E-state index contributed by atoms with van der Waals surface area (Å²) in [4.78, 5) is 59.6. The normalized spacial score (nSPS) is 23.4. The molecular weight excluding hydrogens is 675 g/mol. The van der Waals surface area contributed by atoms with E-state index in [9.17, 15) is 22.8 Å². The fourth-order valence-electron chi connectivity index (χ4n) is 6.87. The Morgan fingerprint density at radius 3 is 2.43 bits per heavy atom. The number of methoxy groups -OCH3 is 1. The molecule has 0 radical (unpaired) electrons. The number of ether oxygens (including phenoxy) is 2. The Balaban J connectivity index is 1.34. The highest BCUT2D eigenvalue weighted by atomic mass is 32.2. The Hall–Kier alpha value is -4.79. The number of hydrogen-bond acceptors (Lipinski definition) is 11. The zero-order chi connectivity index (χ0) is 36.8. The lowest BCUT2D eigenvalue weighted by Gasteiger charge is -2.37. The first kappa shape index (κ1) is 36.0. The highest BCUT2D eigenvalue weighted by molar-refractivity contribution is 7.91. The summed E-state index contributed by atoms with van der Waals surface area (Å²) in [6.45, 7) is 13.0. The maximum Gasteiger partial charge on any atom is 0.328 e. The van der Waals surface area contributed by atoms with E-state index < -0.39 is 68.7 Å². The van der Waals surface area contributed by atoms with Crippen LogP contribution >= 0.6 is 0 Å². The number of imide groups is 1. The number of aryl methyl sites for hydroxylation is 2. The number of nitrogens with one attached hydrogen (secondary N) is 2. The third-order valence-corrected chi connectivity index (χ3v) is 11.7. The van der Waals surface area contributed by atoms with Crippen molar-refractivity contribution < 1.29 is 32.3 Å². The van der Waals surface area contributed by atoms with Crippen molar-refractivity contribution >= 4 is 44.6 Å². The molecule has 6 rings (SSSR count). The molecule has 1 saturated heterocycles. The predicted molar refractivity (Wildman–Crippen MR) is 191 cm³/mol. The van der Waals surface area contributed by atoms with Gasteiger partial charge in [-0.2, -0.15) is 0 Å². The van der Waals surface area contributed by atoms with Crippen LogP contribution in [0.2, 0.25) is 0 Å². The van der Waals surface area contributed by atoms with Gasteiger partial charge in [0.15, 0.2) is 0 Å². The van der Waals surface area contributed by atoms with E-state index in [0.29, 0.717) is 42.3 Å². The number of amides is 4. The molecule has 0 spiro atoms. The van der Waals surface area contributed by atoms with Crippen LogP contribution in [0.4, 0.5) is 10.7 Å². The Morgan fingerprint density at radius 1 is 1.12 bits per heavy atom. The van der Waals surface area contributed by atoms with Crippen LogP contribution in [0.1, 0.15) is 57.8 Å². The maximum atomic E-state index is 14.9. The quantitative estimate of drug-likeness (QED) is 0.258. The van der Waals surface area contributed by atoms with E-state index in [1.165, 1.54) is 11.0 Å². The van der Waals surface area contributed by atoms with E-state index >= 15 is 0 Å². The lowest BCUT2D eigenvalue weighted by molar-refractivity contribution is -0.140. The molecule has 3 aliphatic rings. The zero-order valence-electron chi connectivity index (χ0n) is 29.8. The Kier molecular flexibility index (Phi) is 9.70. The Bertz CT molecular complexity index is 1970. The molecule has 14 nitrogen and oxygen atoms in total. The summed E-state index contributed by atoms with van der Waals surface area (Å²) in [5.74, 6) is -1.43.